The van der Waals surface area contributed by atoms with E-state index >= 15 is 0 Å². The summed E-state index contributed by atoms with van der Waals surface area (Å²) in [6, 6.07) is -0.355. The number of anilines is 2. The molecule has 10 heteroatoms. The van der Waals surface area contributed by atoms with Crippen LogP contribution in [0.15, 0.2) is 24.0 Å². The number of thiazole rings is 1. The van der Waals surface area contributed by atoms with E-state index in [1.54, 1.807) is 18.6 Å². The first-order valence-corrected chi connectivity index (χ1v) is 8.65. The highest BCUT2D eigenvalue weighted by molar-refractivity contribution is 7.13. The number of aromatic amines is 1. The van der Waals surface area contributed by atoms with Gasteiger partial charge in [-0.05, 0) is 0 Å². The van der Waals surface area contributed by atoms with E-state index in [0.29, 0.717) is 37.1 Å². The number of nitrogens with one attached hydrogen (secondary N) is 2. The largest absolute Gasteiger partial charge is 0.377 e. The molecule has 0 radical (unpaired) electrons. The maximum absolute atomic E-state index is 12.2. The summed E-state index contributed by atoms with van der Waals surface area (Å²) in [4.78, 5) is 27.6. The first-order chi connectivity index (χ1) is 12.3. The fourth-order valence-corrected chi connectivity index (χ4v) is 3.71. The third kappa shape index (κ3) is 2.29. The summed E-state index contributed by atoms with van der Waals surface area (Å²) < 4.78 is 5.43. The van der Waals surface area contributed by atoms with Gasteiger partial charge in [-0.15, -0.1) is 11.3 Å². The quantitative estimate of drug-likeness (QED) is 0.709. The van der Waals surface area contributed by atoms with Crippen LogP contribution in [-0.4, -0.2) is 56.9 Å². The van der Waals surface area contributed by atoms with Crippen LogP contribution in [0.3, 0.4) is 0 Å². The number of ether oxygens (including phenoxy) is 1. The second-order valence-electron chi connectivity index (χ2n) is 5.70. The standard InChI is InChI=1S/C15H13N7O2S/c23-14-10-7-24-3-2-22(10)13-9(19-14)6-17-12(20-13)8-5-18-21-11(8)15-16-1-4-25-15/h1,4-6,10H,2-3,7H2,(H,18,21)(H,19,23). The molecule has 126 valence electrons. The average molecular weight is 355 g/mol. The minimum atomic E-state index is -0.355. The van der Waals surface area contributed by atoms with Crippen molar-refractivity contribution in [2.24, 2.45) is 0 Å². The topological polar surface area (TPSA) is 109 Å². The normalized spacial score (nSPS) is 19.3. The molecular formula is C15H13N7O2S. The van der Waals surface area contributed by atoms with Gasteiger partial charge in [-0.1, -0.05) is 0 Å². The first-order valence-electron chi connectivity index (χ1n) is 7.77. The fraction of sp³-hybridized carbons (Fsp3) is 0.267. The van der Waals surface area contributed by atoms with Gasteiger partial charge in [-0.2, -0.15) is 5.10 Å². The lowest BCUT2D eigenvalue weighted by atomic mass is 10.1. The second-order valence-corrected chi connectivity index (χ2v) is 6.59. The molecular weight excluding hydrogens is 342 g/mol. The van der Waals surface area contributed by atoms with Gasteiger partial charge < -0.3 is 15.0 Å². The molecule has 1 amide bonds. The number of H-pyrrole nitrogens is 1. The highest BCUT2D eigenvalue weighted by Crippen LogP contribution is 2.35. The van der Waals surface area contributed by atoms with E-state index in [-0.39, 0.29) is 11.9 Å². The number of rotatable bonds is 2. The molecule has 1 fully saturated rings. The number of aromatic nitrogens is 5. The summed E-state index contributed by atoms with van der Waals surface area (Å²) in [7, 11) is 0. The number of hydrogen-bond donors (Lipinski definition) is 2. The first kappa shape index (κ1) is 14.5. The van der Waals surface area contributed by atoms with Gasteiger partial charge >= 0.3 is 0 Å². The molecule has 1 unspecified atom stereocenters. The van der Waals surface area contributed by atoms with Crippen LogP contribution in [0.4, 0.5) is 11.5 Å². The minimum Gasteiger partial charge on any atom is -0.377 e. The number of carbonyl (C=O) groups excluding carboxylic acids is 1. The van der Waals surface area contributed by atoms with Crippen LogP contribution >= 0.6 is 11.3 Å². The van der Waals surface area contributed by atoms with Crippen molar-refractivity contribution in [3.63, 3.8) is 0 Å². The molecule has 5 heterocycles. The molecule has 2 aliphatic rings. The van der Waals surface area contributed by atoms with E-state index in [0.717, 1.165) is 16.3 Å². The van der Waals surface area contributed by atoms with Crippen molar-refractivity contribution in [3.05, 3.63) is 24.0 Å². The summed E-state index contributed by atoms with van der Waals surface area (Å²) in [6.45, 7) is 1.55. The van der Waals surface area contributed by atoms with E-state index in [1.165, 1.54) is 11.3 Å². The number of morpholine rings is 1. The number of amides is 1. The number of nitrogens with zero attached hydrogens (tertiary/aromatic N) is 5. The Labute approximate surface area is 146 Å². The molecule has 0 aromatic carbocycles. The Morgan fingerprint density at radius 3 is 3.16 bits per heavy atom. The van der Waals surface area contributed by atoms with Crippen LogP contribution in [0.25, 0.3) is 22.1 Å². The van der Waals surface area contributed by atoms with E-state index in [4.69, 9.17) is 9.72 Å². The van der Waals surface area contributed by atoms with Gasteiger partial charge in [0.25, 0.3) is 0 Å². The lowest BCUT2D eigenvalue weighted by Crippen LogP contribution is -2.55. The highest BCUT2D eigenvalue weighted by Gasteiger charge is 2.36. The van der Waals surface area contributed by atoms with Crippen LogP contribution < -0.4 is 10.2 Å². The van der Waals surface area contributed by atoms with Gasteiger partial charge in [-0.25, -0.2) is 15.0 Å². The van der Waals surface area contributed by atoms with Gasteiger partial charge in [-0.3, -0.25) is 9.89 Å². The van der Waals surface area contributed by atoms with Gasteiger partial charge in [0.2, 0.25) is 5.91 Å². The molecule has 2 aliphatic heterocycles. The molecule has 2 N–H and O–H groups in total. The lowest BCUT2D eigenvalue weighted by molar-refractivity contribution is -0.120. The molecule has 1 saturated heterocycles. The molecule has 5 rings (SSSR count). The molecule has 25 heavy (non-hydrogen) atoms. The van der Waals surface area contributed by atoms with E-state index in [1.807, 2.05) is 10.3 Å². The van der Waals surface area contributed by atoms with Crippen molar-refractivity contribution in [2.75, 3.05) is 30.0 Å². The summed E-state index contributed by atoms with van der Waals surface area (Å²) >= 11 is 1.51. The maximum atomic E-state index is 12.2. The Bertz CT molecular complexity index is 939. The van der Waals surface area contributed by atoms with Crippen molar-refractivity contribution >= 4 is 28.7 Å². The van der Waals surface area contributed by atoms with Gasteiger partial charge in [0, 0.05) is 18.1 Å². The van der Waals surface area contributed by atoms with E-state index in [9.17, 15) is 4.79 Å². The Balaban J connectivity index is 1.60. The van der Waals surface area contributed by atoms with E-state index in [2.05, 4.69) is 25.5 Å². The van der Waals surface area contributed by atoms with Crippen molar-refractivity contribution < 1.29 is 9.53 Å². The summed E-state index contributed by atoms with van der Waals surface area (Å²) in [5.41, 5.74) is 2.18. The summed E-state index contributed by atoms with van der Waals surface area (Å²) in [5, 5.41) is 12.7. The van der Waals surface area contributed by atoms with Gasteiger partial charge in [0.15, 0.2) is 11.6 Å². The molecule has 1 atom stereocenters. The Kier molecular flexibility index (Phi) is 3.25. The fourth-order valence-electron chi connectivity index (χ4n) is 3.07. The minimum absolute atomic E-state index is 0.0877. The van der Waals surface area contributed by atoms with Crippen molar-refractivity contribution in [1.82, 2.24) is 25.1 Å². The van der Waals surface area contributed by atoms with Crippen molar-refractivity contribution in [1.29, 1.82) is 0 Å². The van der Waals surface area contributed by atoms with Crippen LogP contribution in [0, 0.1) is 0 Å². The molecule has 3 aromatic heterocycles. The predicted octanol–water partition coefficient (Wildman–Crippen LogP) is 1.15. The van der Waals surface area contributed by atoms with Gasteiger partial charge in [0.05, 0.1) is 31.2 Å². The monoisotopic (exact) mass is 355 g/mol. The van der Waals surface area contributed by atoms with Crippen molar-refractivity contribution in [2.45, 2.75) is 6.04 Å². The van der Waals surface area contributed by atoms with Crippen LogP contribution in [0.5, 0.6) is 0 Å². The van der Waals surface area contributed by atoms with Crippen molar-refractivity contribution in [3.8, 4) is 22.1 Å². The Morgan fingerprint density at radius 1 is 1.32 bits per heavy atom. The maximum Gasteiger partial charge on any atom is 0.249 e. The van der Waals surface area contributed by atoms with Crippen LogP contribution in [0.2, 0.25) is 0 Å². The number of carbonyl (C=O) groups is 1. The highest BCUT2D eigenvalue weighted by atomic mass is 32.1. The zero-order valence-corrected chi connectivity index (χ0v) is 13.8. The summed E-state index contributed by atoms with van der Waals surface area (Å²) in [6.07, 6.45) is 5.07. The summed E-state index contributed by atoms with van der Waals surface area (Å²) in [5.74, 6) is 1.17. The Morgan fingerprint density at radius 2 is 2.28 bits per heavy atom. The molecule has 0 bridgehead atoms. The van der Waals surface area contributed by atoms with Gasteiger partial charge in [0.1, 0.15) is 22.4 Å². The third-order valence-corrected chi connectivity index (χ3v) is 5.05. The SMILES string of the molecule is O=C1Nc2cnc(-c3cn[nH]c3-c3nccs3)nc2N2CCOCC12. The molecule has 9 nitrogen and oxygen atoms in total. The lowest BCUT2D eigenvalue weighted by Gasteiger charge is -2.39. The number of fused-ring (bicyclic) bond motifs is 3. The predicted molar refractivity (Wildman–Crippen MR) is 91.3 cm³/mol. The third-order valence-electron chi connectivity index (χ3n) is 4.26. The second kappa shape index (κ2) is 5.60. The van der Waals surface area contributed by atoms with E-state index < -0.39 is 0 Å². The zero-order valence-electron chi connectivity index (χ0n) is 13.0. The molecule has 3 aromatic rings. The van der Waals surface area contributed by atoms with Crippen LogP contribution in [0.1, 0.15) is 0 Å². The number of hydrogen-bond acceptors (Lipinski definition) is 8. The zero-order chi connectivity index (χ0) is 16.8. The van der Waals surface area contributed by atoms with Crippen LogP contribution in [-0.2, 0) is 9.53 Å². The molecule has 0 aliphatic carbocycles. The molecule has 0 spiro atoms. The molecule has 0 saturated carbocycles. The smallest absolute Gasteiger partial charge is 0.249 e. The Hall–Kier alpha value is -2.85. The average Bonchev–Trinajstić information content (AvgIpc) is 3.33.